The van der Waals surface area contributed by atoms with Gasteiger partial charge in [-0.05, 0) is 24.0 Å². The fraction of sp³-hybridized carbons (Fsp3) is 0.300. The molecule has 0 atom stereocenters. The van der Waals surface area contributed by atoms with Crippen LogP contribution in [0.2, 0.25) is 0 Å². The molecule has 0 aliphatic carbocycles. The molecule has 2 aromatic rings. The number of thioether (sulfide) groups is 1. The van der Waals surface area contributed by atoms with Crippen molar-refractivity contribution in [2.75, 3.05) is 32.4 Å². The molecule has 5 nitrogen and oxygen atoms in total. The van der Waals surface area contributed by atoms with E-state index in [-0.39, 0.29) is 6.09 Å². The molecule has 0 saturated carbocycles. The second kappa shape index (κ2) is 9.29. The van der Waals surface area contributed by atoms with Gasteiger partial charge in [-0.3, -0.25) is 0 Å². The Bertz CT molecular complexity index is 729. The Labute approximate surface area is 158 Å². The monoisotopic (exact) mass is 369 g/mol. The molecule has 1 amide bonds. The van der Waals surface area contributed by atoms with Crippen LogP contribution in [0.1, 0.15) is 5.56 Å². The zero-order chi connectivity index (χ0) is 18.2. The van der Waals surface area contributed by atoms with Gasteiger partial charge in [0.25, 0.3) is 0 Å². The predicted molar refractivity (Wildman–Crippen MR) is 107 cm³/mol. The Morgan fingerprint density at radius 1 is 0.962 bits per heavy atom. The average Bonchev–Trinajstić information content (AvgIpc) is 2.72. The van der Waals surface area contributed by atoms with Gasteiger partial charge < -0.3 is 14.5 Å². The summed E-state index contributed by atoms with van der Waals surface area (Å²) in [7, 11) is 0. The maximum absolute atomic E-state index is 12.3. The second-order valence-electron chi connectivity index (χ2n) is 5.95. The number of benzene rings is 2. The smallest absolute Gasteiger partial charge is 0.410 e. The van der Waals surface area contributed by atoms with Crippen molar-refractivity contribution >= 4 is 28.7 Å². The van der Waals surface area contributed by atoms with Crippen molar-refractivity contribution in [1.82, 2.24) is 9.80 Å². The number of para-hydroxylation sites is 1. The number of carbonyl (C=O) groups is 1. The number of piperazine rings is 1. The van der Waals surface area contributed by atoms with Crippen molar-refractivity contribution in [3.8, 4) is 0 Å². The first kappa shape index (κ1) is 18.3. The molecular weight excluding hydrogens is 346 g/mol. The third-order valence-electron chi connectivity index (χ3n) is 4.18. The van der Waals surface area contributed by atoms with Gasteiger partial charge in [0.1, 0.15) is 6.61 Å². The third-order valence-corrected chi connectivity index (χ3v) is 4.89. The van der Waals surface area contributed by atoms with Crippen molar-refractivity contribution in [3.05, 3.63) is 66.2 Å². The molecule has 26 heavy (non-hydrogen) atoms. The highest BCUT2D eigenvalue weighted by molar-refractivity contribution is 8.13. The molecule has 0 aromatic heterocycles. The Kier molecular flexibility index (Phi) is 6.55. The van der Waals surface area contributed by atoms with Crippen molar-refractivity contribution < 1.29 is 9.53 Å². The van der Waals surface area contributed by atoms with E-state index in [1.54, 1.807) is 16.7 Å². The van der Waals surface area contributed by atoms with Crippen LogP contribution in [-0.4, -0.2) is 53.5 Å². The van der Waals surface area contributed by atoms with Crippen LogP contribution in [0.4, 0.5) is 10.5 Å². The topological polar surface area (TPSA) is 45.1 Å². The quantitative estimate of drug-likeness (QED) is 0.606. The minimum atomic E-state index is -0.251. The third kappa shape index (κ3) is 5.02. The van der Waals surface area contributed by atoms with E-state index >= 15 is 0 Å². The van der Waals surface area contributed by atoms with Crippen LogP contribution < -0.4 is 0 Å². The molecule has 1 saturated heterocycles. The Morgan fingerprint density at radius 2 is 1.54 bits per heavy atom. The fourth-order valence-electron chi connectivity index (χ4n) is 2.75. The van der Waals surface area contributed by atoms with E-state index in [1.165, 1.54) is 0 Å². The number of amidine groups is 1. The largest absolute Gasteiger partial charge is 0.445 e. The molecule has 1 aliphatic heterocycles. The van der Waals surface area contributed by atoms with Crippen LogP contribution >= 0.6 is 11.8 Å². The van der Waals surface area contributed by atoms with E-state index in [0.717, 1.165) is 29.5 Å². The summed E-state index contributed by atoms with van der Waals surface area (Å²) in [4.78, 5) is 21.0. The summed E-state index contributed by atoms with van der Waals surface area (Å²) in [5, 5.41) is 0.980. The first-order chi connectivity index (χ1) is 12.8. The molecule has 2 aromatic carbocycles. The standard InChI is InChI=1S/C20H23N3O2S/c1-26-19(21-18-10-6-3-7-11-18)22-12-14-23(15-13-22)20(24)25-16-17-8-4-2-5-9-17/h2-11H,12-16H2,1H3. The summed E-state index contributed by atoms with van der Waals surface area (Å²) < 4.78 is 5.42. The number of hydrogen-bond acceptors (Lipinski definition) is 4. The first-order valence-electron chi connectivity index (χ1n) is 8.64. The molecule has 3 rings (SSSR count). The number of rotatable bonds is 3. The molecule has 1 fully saturated rings. The van der Waals surface area contributed by atoms with Gasteiger partial charge in [0.05, 0.1) is 5.69 Å². The van der Waals surface area contributed by atoms with Gasteiger partial charge in [0, 0.05) is 26.2 Å². The van der Waals surface area contributed by atoms with Crippen molar-refractivity contribution in [2.45, 2.75) is 6.61 Å². The lowest BCUT2D eigenvalue weighted by Crippen LogP contribution is -2.50. The number of amides is 1. The summed E-state index contributed by atoms with van der Waals surface area (Å²) in [6.07, 6.45) is 1.78. The normalized spacial score (nSPS) is 15.0. The Morgan fingerprint density at radius 3 is 2.15 bits per heavy atom. The van der Waals surface area contributed by atoms with E-state index in [9.17, 15) is 4.79 Å². The van der Waals surface area contributed by atoms with Crippen LogP contribution in [0.15, 0.2) is 65.7 Å². The zero-order valence-electron chi connectivity index (χ0n) is 14.9. The van der Waals surface area contributed by atoms with Gasteiger partial charge in [-0.1, -0.05) is 60.3 Å². The molecule has 136 valence electrons. The molecule has 1 aliphatic rings. The molecule has 0 radical (unpaired) electrons. The van der Waals surface area contributed by atoms with Crippen LogP contribution in [0.3, 0.4) is 0 Å². The SMILES string of the molecule is CSC(=Nc1ccccc1)N1CCN(C(=O)OCc2ccccc2)CC1. The molecule has 0 bridgehead atoms. The Balaban J connectivity index is 1.51. The highest BCUT2D eigenvalue weighted by Crippen LogP contribution is 2.17. The lowest BCUT2D eigenvalue weighted by Gasteiger charge is -2.35. The zero-order valence-corrected chi connectivity index (χ0v) is 15.7. The maximum atomic E-state index is 12.3. The lowest BCUT2D eigenvalue weighted by molar-refractivity contribution is 0.0829. The van der Waals surface area contributed by atoms with Crippen LogP contribution in [0, 0.1) is 0 Å². The summed E-state index contributed by atoms with van der Waals surface area (Å²) in [6, 6.07) is 19.7. The van der Waals surface area contributed by atoms with Crippen LogP contribution in [0.5, 0.6) is 0 Å². The highest BCUT2D eigenvalue weighted by Gasteiger charge is 2.23. The average molecular weight is 369 g/mol. The molecule has 0 N–H and O–H groups in total. The summed E-state index contributed by atoms with van der Waals surface area (Å²) in [6.45, 7) is 3.11. The summed E-state index contributed by atoms with van der Waals surface area (Å²) in [5.74, 6) is 0. The van der Waals surface area contributed by atoms with Gasteiger partial charge in [-0.25, -0.2) is 9.79 Å². The number of nitrogens with zero attached hydrogens (tertiary/aromatic N) is 3. The first-order valence-corrected chi connectivity index (χ1v) is 9.87. The van der Waals surface area contributed by atoms with E-state index in [0.29, 0.717) is 19.7 Å². The number of hydrogen-bond donors (Lipinski definition) is 0. The Hall–Kier alpha value is -2.47. The lowest BCUT2D eigenvalue weighted by atomic mass is 10.2. The fourth-order valence-corrected chi connectivity index (χ4v) is 3.39. The van der Waals surface area contributed by atoms with Gasteiger partial charge >= 0.3 is 6.09 Å². The van der Waals surface area contributed by atoms with Gasteiger partial charge in [0.15, 0.2) is 5.17 Å². The van der Waals surface area contributed by atoms with E-state index < -0.39 is 0 Å². The summed E-state index contributed by atoms with van der Waals surface area (Å²) >= 11 is 1.63. The van der Waals surface area contributed by atoms with E-state index in [2.05, 4.69) is 4.90 Å². The number of ether oxygens (including phenoxy) is 1. The van der Waals surface area contributed by atoms with Crippen molar-refractivity contribution in [3.63, 3.8) is 0 Å². The van der Waals surface area contributed by atoms with Gasteiger partial charge in [-0.15, -0.1) is 0 Å². The predicted octanol–water partition coefficient (Wildman–Crippen LogP) is 3.99. The van der Waals surface area contributed by atoms with Gasteiger partial charge in [0.2, 0.25) is 0 Å². The molecule has 0 spiro atoms. The number of aliphatic imine (C=N–C) groups is 1. The molecule has 6 heteroatoms. The van der Waals surface area contributed by atoms with Crippen molar-refractivity contribution in [2.24, 2.45) is 4.99 Å². The molecular formula is C20H23N3O2S. The highest BCUT2D eigenvalue weighted by atomic mass is 32.2. The summed E-state index contributed by atoms with van der Waals surface area (Å²) in [5.41, 5.74) is 1.95. The van der Waals surface area contributed by atoms with E-state index in [4.69, 9.17) is 9.73 Å². The maximum Gasteiger partial charge on any atom is 0.410 e. The minimum Gasteiger partial charge on any atom is -0.445 e. The van der Waals surface area contributed by atoms with Crippen LogP contribution in [-0.2, 0) is 11.3 Å². The van der Waals surface area contributed by atoms with Crippen LogP contribution in [0.25, 0.3) is 0 Å². The van der Waals surface area contributed by atoms with Crippen molar-refractivity contribution in [1.29, 1.82) is 0 Å². The minimum absolute atomic E-state index is 0.251. The molecule has 1 heterocycles. The van der Waals surface area contributed by atoms with E-state index in [1.807, 2.05) is 66.9 Å². The number of carbonyl (C=O) groups excluding carboxylic acids is 1. The second-order valence-corrected chi connectivity index (χ2v) is 6.72. The molecule has 0 unspecified atom stereocenters. The van der Waals surface area contributed by atoms with Gasteiger partial charge in [-0.2, -0.15) is 0 Å².